The molecule has 88 valence electrons. The molecule has 1 aliphatic carbocycles. The summed E-state index contributed by atoms with van der Waals surface area (Å²) in [6, 6.07) is 0. The van der Waals surface area contributed by atoms with Crippen molar-refractivity contribution in [3.63, 3.8) is 0 Å². The zero-order valence-electron chi connectivity index (χ0n) is 9.16. The summed E-state index contributed by atoms with van der Waals surface area (Å²) in [6.45, 7) is 3.12. The van der Waals surface area contributed by atoms with Gasteiger partial charge >= 0.3 is 7.12 Å². The fourth-order valence-electron chi connectivity index (χ4n) is 1.08. The minimum absolute atomic E-state index is 0.287. The highest BCUT2D eigenvalue weighted by Gasteiger charge is 2.18. The lowest BCUT2D eigenvalue weighted by Crippen LogP contribution is -2.17. The van der Waals surface area contributed by atoms with E-state index in [9.17, 15) is 8.42 Å². The maximum atomic E-state index is 11.5. The Kier molecular flexibility index (Phi) is 4.06. The molecule has 0 aromatic rings. The molecular formula is C9H14BNO4S. The third-order valence-corrected chi connectivity index (χ3v) is 3.83. The van der Waals surface area contributed by atoms with Crippen LogP contribution in [-0.4, -0.2) is 36.5 Å². The molecule has 0 saturated heterocycles. The summed E-state index contributed by atoms with van der Waals surface area (Å²) in [4.78, 5) is 0. The normalized spacial score (nSPS) is 19.1. The second-order valence-corrected chi connectivity index (χ2v) is 5.92. The smallest absolute Gasteiger partial charge is 0.423 e. The first-order valence-electron chi connectivity index (χ1n) is 4.90. The molecule has 0 spiro atoms. The lowest BCUT2D eigenvalue weighted by Gasteiger charge is -2.08. The van der Waals surface area contributed by atoms with Crippen LogP contribution in [-0.2, 0) is 10.0 Å². The number of sulfonamides is 1. The lowest BCUT2D eigenvalue weighted by atomic mass is 9.76. The van der Waals surface area contributed by atoms with Gasteiger partial charge in [0.05, 0.1) is 11.0 Å². The van der Waals surface area contributed by atoms with E-state index >= 15 is 0 Å². The number of hydrogen-bond acceptors (Lipinski definition) is 4. The second kappa shape index (κ2) is 4.94. The Bertz CT molecular complexity index is 448. The van der Waals surface area contributed by atoms with E-state index in [1.54, 1.807) is 19.9 Å². The highest BCUT2D eigenvalue weighted by molar-refractivity contribution is 7.90. The SMILES string of the molecule is CC(C)S(=O)(=O)N=C1C=CC(B(O)O)=CC1. The first-order valence-corrected chi connectivity index (χ1v) is 6.40. The average molecular weight is 243 g/mol. The Balaban J connectivity index is 2.84. The minimum atomic E-state index is -3.45. The lowest BCUT2D eigenvalue weighted by molar-refractivity contribution is 0.420. The van der Waals surface area contributed by atoms with Gasteiger partial charge in [0, 0.05) is 6.42 Å². The topological polar surface area (TPSA) is 87.0 Å². The van der Waals surface area contributed by atoms with Crippen LogP contribution in [0.1, 0.15) is 20.3 Å². The maximum Gasteiger partial charge on any atom is 0.488 e. The van der Waals surface area contributed by atoms with Crippen LogP contribution in [0.2, 0.25) is 0 Å². The van der Waals surface area contributed by atoms with Crippen LogP contribution in [0.3, 0.4) is 0 Å². The van der Waals surface area contributed by atoms with Crippen LogP contribution in [0.15, 0.2) is 28.1 Å². The molecule has 1 aliphatic rings. The Morgan fingerprint density at radius 2 is 2.00 bits per heavy atom. The molecule has 0 unspecified atom stereocenters. The number of rotatable bonds is 3. The van der Waals surface area contributed by atoms with Gasteiger partial charge in [0.2, 0.25) is 0 Å². The first-order chi connectivity index (χ1) is 7.33. The third kappa shape index (κ3) is 3.29. The van der Waals surface area contributed by atoms with E-state index in [0.717, 1.165) is 0 Å². The molecule has 0 saturated carbocycles. The van der Waals surface area contributed by atoms with E-state index in [1.807, 2.05) is 0 Å². The predicted molar refractivity (Wildman–Crippen MR) is 63.5 cm³/mol. The molecule has 0 atom stereocenters. The molecule has 0 bridgehead atoms. The van der Waals surface area contributed by atoms with E-state index in [2.05, 4.69) is 4.40 Å². The fourth-order valence-corrected chi connectivity index (χ4v) is 1.75. The summed E-state index contributed by atoms with van der Waals surface area (Å²) in [5.74, 6) is 0. The maximum absolute atomic E-state index is 11.5. The Hall–Kier alpha value is -0.915. The van der Waals surface area contributed by atoms with Gasteiger partial charge < -0.3 is 10.0 Å². The predicted octanol–water partition coefficient (Wildman–Crippen LogP) is 0.0639. The van der Waals surface area contributed by atoms with Crippen molar-refractivity contribution < 1.29 is 18.5 Å². The Labute approximate surface area is 95.4 Å². The molecule has 7 heteroatoms. The van der Waals surface area contributed by atoms with Crippen LogP contribution >= 0.6 is 0 Å². The Morgan fingerprint density at radius 3 is 2.38 bits per heavy atom. The van der Waals surface area contributed by atoms with Crippen molar-refractivity contribution in [3.8, 4) is 0 Å². The molecule has 0 radical (unpaired) electrons. The molecular weight excluding hydrogens is 229 g/mol. The van der Waals surface area contributed by atoms with Gasteiger partial charge in [0.1, 0.15) is 0 Å². The van der Waals surface area contributed by atoms with Crippen molar-refractivity contribution in [3.05, 3.63) is 23.7 Å². The molecule has 0 aliphatic heterocycles. The molecule has 0 aromatic heterocycles. The molecule has 0 amide bonds. The van der Waals surface area contributed by atoms with Gasteiger partial charge in [-0.25, -0.2) is 8.42 Å². The zero-order chi connectivity index (χ0) is 12.3. The largest absolute Gasteiger partial charge is 0.488 e. The van der Waals surface area contributed by atoms with Crippen LogP contribution in [0.25, 0.3) is 0 Å². The van der Waals surface area contributed by atoms with Crippen LogP contribution in [0.5, 0.6) is 0 Å². The van der Waals surface area contributed by atoms with Crippen molar-refractivity contribution in [2.24, 2.45) is 4.40 Å². The average Bonchev–Trinajstić information content (AvgIpc) is 2.17. The summed E-state index contributed by atoms with van der Waals surface area (Å²) < 4.78 is 26.6. The molecule has 0 fully saturated rings. The molecule has 0 aromatic carbocycles. The Morgan fingerprint density at radius 1 is 1.38 bits per heavy atom. The molecule has 5 nitrogen and oxygen atoms in total. The number of nitrogens with zero attached hydrogens (tertiary/aromatic N) is 1. The third-order valence-electron chi connectivity index (χ3n) is 2.15. The summed E-state index contributed by atoms with van der Waals surface area (Å²) in [6.07, 6.45) is 4.76. The highest BCUT2D eigenvalue weighted by Crippen LogP contribution is 2.12. The van der Waals surface area contributed by atoms with Gasteiger partial charge in [-0.15, -0.1) is 0 Å². The summed E-state index contributed by atoms with van der Waals surface area (Å²) in [7, 11) is -4.98. The van der Waals surface area contributed by atoms with Crippen molar-refractivity contribution >= 4 is 22.9 Å². The van der Waals surface area contributed by atoms with Crippen LogP contribution < -0.4 is 0 Å². The summed E-state index contributed by atoms with van der Waals surface area (Å²) >= 11 is 0. The second-order valence-electron chi connectivity index (χ2n) is 3.76. The number of hydrogen-bond donors (Lipinski definition) is 2. The van der Waals surface area contributed by atoms with Crippen LogP contribution in [0.4, 0.5) is 0 Å². The van der Waals surface area contributed by atoms with Gasteiger partial charge in [0.15, 0.2) is 0 Å². The zero-order valence-corrected chi connectivity index (χ0v) is 9.98. The van der Waals surface area contributed by atoms with Crippen molar-refractivity contribution in [1.82, 2.24) is 0 Å². The quantitative estimate of drug-likeness (QED) is 0.686. The van der Waals surface area contributed by atoms with Gasteiger partial charge in [-0.2, -0.15) is 4.40 Å². The van der Waals surface area contributed by atoms with E-state index < -0.39 is 22.4 Å². The van der Waals surface area contributed by atoms with E-state index in [-0.39, 0.29) is 6.42 Å². The summed E-state index contributed by atoms with van der Waals surface area (Å²) in [5, 5.41) is 17.2. The van der Waals surface area contributed by atoms with Crippen molar-refractivity contribution in [2.75, 3.05) is 0 Å². The van der Waals surface area contributed by atoms with Crippen molar-refractivity contribution in [2.45, 2.75) is 25.5 Å². The van der Waals surface area contributed by atoms with Gasteiger partial charge in [-0.1, -0.05) is 12.2 Å². The standard InChI is InChI=1S/C9H14BNO4S/c1-7(2)16(14,15)11-9-5-3-8(4-6-9)10(12)13/h3-5,7,12-13H,6H2,1-2H3. The fraction of sp³-hybridized carbons (Fsp3) is 0.444. The van der Waals surface area contributed by atoms with E-state index in [1.165, 1.54) is 12.2 Å². The van der Waals surface area contributed by atoms with Gasteiger partial charge in [-0.05, 0) is 25.4 Å². The summed E-state index contributed by atoms with van der Waals surface area (Å²) in [5.41, 5.74) is 0.749. The first kappa shape index (κ1) is 13.2. The molecule has 2 N–H and O–H groups in total. The van der Waals surface area contributed by atoms with Crippen LogP contribution in [0, 0.1) is 0 Å². The number of allylic oxidation sites excluding steroid dienone is 4. The van der Waals surface area contributed by atoms with E-state index in [4.69, 9.17) is 10.0 Å². The van der Waals surface area contributed by atoms with Gasteiger partial charge in [-0.3, -0.25) is 0 Å². The molecule has 16 heavy (non-hydrogen) atoms. The van der Waals surface area contributed by atoms with Gasteiger partial charge in [0.25, 0.3) is 10.0 Å². The monoisotopic (exact) mass is 243 g/mol. The highest BCUT2D eigenvalue weighted by atomic mass is 32.2. The molecule has 0 heterocycles. The van der Waals surface area contributed by atoms with E-state index in [0.29, 0.717) is 11.2 Å². The van der Waals surface area contributed by atoms with Crippen molar-refractivity contribution in [1.29, 1.82) is 0 Å². The minimum Gasteiger partial charge on any atom is -0.423 e. The molecule has 1 rings (SSSR count).